The van der Waals surface area contributed by atoms with Crippen molar-refractivity contribution in [1.82, 2.24) is 20.5 Å². The van der Waals surface area contributed by atoms with Gasteiger partial charge in [-0.1, -0.05) is 18.2 Å². The molecule has 0 fully saturated rings. The summed E-state index contributed by atoms with van der Waals surface area (Å²) in [7, 11) is 0. The molecule has 1 amide bonds. The number of rotatable bonds is 5. The topological polar surface area (TPSA) is 70.7 Å². The molecule has 2 aromatic heterocycles. The minimum absolute atomic E-state index is 0.0139. The number of nitrogens with one attached hydrogen (secondary N) is 2. The third-order valence-corrected chi connectivity index (χ3v) is 4.03. The van der Waals surface area contributed by atoms with Gasteiger partial charge in [0.1, 0.15) is 12.2 Å². The van der Waals surface area contributed by atoms with Gasteiger partial charge in [-0.15, -0.1) is 11.3 Å². The predicted molar refractivity (Wildman–Crippen MR) is 78.9 cm³/mol. The molecule has 0 aliphatic rings. The third-order valence-electron chi connectivity index (χ3n) is 3.07. The number of aryl methyl sites for hydroxylation is 1. The largest absolute Gasteiger partial charge is 0.352 e. The Bertz CT molecular complexity index is 705. The van der Waals surface area contributed by atoms with Gasteiger partial charge in [-0.05, 0) is 12.5 Å². The fourth-order valence-corrected chi connectivity index (χ4v) is 3.00. The smallest absolute Gasteiger partial charge is 0.252 e. The van der Waals surface area contributed by atoms with E-state index in [4.69, 9.17) is 0 Å². The zero-order valence-electron chi connectivity index (χ0n) is 10.8. The minimum atomic E-state index is -0.0139. The van der Waals surface area contributed by atoms with Crippen LogP contribution in [0.25, 0.3) is 10.1 Å². The number of thiophene rings is 1. The van der Waals surface area contributed by atoms with Crippen LogP contribution in [-0.2, 0) is 6.42 Å². The van der Waals surface area contributed by atoms with E-state index in [9.17, 15) is 4.79 Å². The summed E-state index contributed by atoms with van der Waals surface area (Å²) in [4.78, 5) is 16.2. The first-order valence-electron chi connectivity index (χ1n) is 6.43. The number of hydrogen-bond acceptors (Lipinski definition) is 4. The third kappa shape index (κ3) is 2.70. The zero-order valence-corrected chi connectivity index (χ0v) is 11.6. The van der Waals surface area contributed by atoms with Gasteiger partial charge < -0.3 is 5.32 Å². The van der Waals surface area contributed by atoms with Crippen LogP contribution in [-0.4, -0.2) is 27.6 Å². The van der Waals surface area contributed by atoms with Crippen LogP contribution in [0.5, 0.6) is 0 Å². The van der Waals surface area contributed by atoms with E-state index in [1.54, 1.807) is 11.3 Å². The molecule has 6 heteroatoms. The first-order valence-corrected chi connectivity index (χ1v) is 7.31. The standard InChI is InChI=1S/C14H14N4OS/c19-14(15-7-3-6-13-16-9-17-18-13)11-8-20-12-5-2-1-4-10(11)12/h1-2,4-5,8-9H,3,6-7H2,(H,15,19)(H,16,17,18). The molecule has 0 atom stereocenters. The second kappa shape index (κ2) is 5.83. The van der Waals surface area contributed by atoms with Crippen LogP contribution in [0.3, 0.4) is 0 Å². The number of carbonyl (C=O) groups is 1. The van der Waals surface area contributed by atoms with E-state index in [0.717, 1.165) is 34.3 Å². The average molecular weight is 286 g/mol. The van der Waals surface area contributed by atoms with Gasteiger partial charge in [-0.25, -0.2) is 4.98 Å². The first-order chi connectivity index (χ1) is 9.84. The minimum Gasteiger partial charge on any atom is -0.352 e. The van der Waals surface area contributed by atoms with Crippen LogP contribution in [0.15, 0.2) is 36.0 Å². The monoisotopic (exact) mass is 286 g/mol. The molecule has 2 N–H and O–H groups in total. The van der Waals surface area contributed by atoms with Crippen LogP contribution < -0.4 is 5.32 Å². The molecule has 0 saturated heterocycles. The first kappa shape index (κ1) is 12.8. The lowest BCUT2D eigenvalue weighted by Gasteiger charge is -2.03. The van der Waals surface area contributed by atoms with Gasteiger partial charge in [0.05, 0.1) is 5.56 Å². The number of hydrogen-bond donors (Lipinski definition) is 2. The second-order valence-electron chi connectivity index (χ2n) is 4.44. The van der Waals surface area contributed by atoms with E-state index in [-0.39, 0.29) is 5.91 Å². The van der Waals surface area contributed by atoms with Crippen molar-refractivity contribution in [2.45, 2.75) is 12.8 Å². The van der Waals surface area contributed by atoms with Crippen molar-refractivity contribution in [1.29, 1.82) is 0 Å². The summed E-state index contributed by atoms with van der Waals surface area (Å²) in [5.41, 5.74) is 0.755. The SMILES string of the molecule is O=C(NCCCc1ncn[nH]1)c1csc2ccccc12. The highest BCUT2D eigenvalue weighted by molar-refractivity contribution is 7.17. The number of H-pyrrole nitrogens is 1. The quantitative estimate of drug-likeness (QED) is 0.707. The van der Waals surface area contributed by atoms with Gasteiger partial charge in [-0.2, -0.15) is 5.10 Å². The molecule has 2 heterocycles. The van der Waals surface area contributed by atoms with Gasteiger partial charge in [-0.3, -0.25) is 9.89 Å². The average Bonchev–Trinajstić information content (AvgIpc) is 3.12. The lowest BCUT2D eigenvalue weighted by Crippen LogP contribution is -2.24. The molecule has 0 saturated carbocycles. The number of aromatic amines is 1. The molecule has 3 aromatic rings. The van der Waals surface area contributed by atoms with Crippen molar-refractivity contribution < 1.29 is 4.79 Å². The lowest BCUT2D eigenvalue weighted by molar-refractivity contribution is 0.0955. The van der Waals surface area contributed by atoms with Crippen molar-refractivity contribution in [3.63, 3.8) is 0 Å². The Labute approximate surface area is 120 Å². The molecule has 0 unspecified atom stereocenters. The summed E-state index contributed by atoms with van der Waals surface area (Å²) in [5, 5.41) is 12.5. The molecule has 0 aliphatic carbocycles. The number of amides is 1. The maximum absolute atomic E-state index is 12.1. The highest BCUT2D eigenvalue weighted by atomic mass is 32.1. The maximum atomic E-state index is 12.1. The molecule has 5 nitrogen and oxygen atoms in total. The molecule has 1 aromatic carbocycles. The summed E-state index contributed by atoms with van der Waals surface area (Å²) < 4.78 is 1.14. The molecular weight excluding hydrogens is 272 g/mol. The molecule has 0 bridgehead atoms. The van der Waals surface area contributed by atoms with E-state index in [1.165, 1.54) is 6.33 Å². The Morgan fingerprint density at radius 2 is 2.25 bits per heavy atom. The van der Waals surface area contributed by atoms with Crippen molar-refractivity contribution >= 4 is 27.3 Å². The number of nitrogens with zero attached hydrogens (tertiary/aromatic N) is 2. The highest BCUT2D eigenvalue weighted by Gasteiger charge is 2.11. The van der Waals surface area contributed by atoms with Gasteiger partial charge in [0.15, 0.2) is 0 Å². The van der Waals surface area contributed by atoms with Crippen LogP contribution >= 0.6 is 11.3 Å². The van der Waals surface area contributed by atoms with Crippen LogP contribution in [0.2, 0.25) is 0 Å². The summed E-state index contributed by atoms with van der Waals surface area (Å²) in [6.45, 7) is 0.629. The highest BCUT2D eigenvalue weighted by Crippen LogP contribution is 2.25. The van der Waals surface area contributed by atoms with Gasteiger partial charge in [0.25, 0.3) is 5.91 Å². The molecule has 0 radical (unpaired) electrons. The molecule has 0 aliphatic heterocycles. The Kier molecular flexibility index (Phi) is 3.73. The van der Waals surface area contributed by atoms with E-state index >= 15 is 0 Å². The van der Waals surface area contributed by atoms with E-state index in [2.05, 4.69) is 20.5 Å². The lowest BCUT2D eigenvalue weighted by atomic mass is 10.1. The Morgan fingerprint density at radius 3 is 3.10 bits per heavy atom. The normalized spacial score (nSPS) is 10.8. The number of benzene rings is 1. The molecule has 102 valence electrons. The molecular formula is C14H14N4OS. The second-order valence-corrected chi connectivity index (χ2v) is 5.35. The van der Waals surface area contributed by atoms with Crippen LogP contribution in [0, 0.1) is 0 Å². The zero-order chi connectivity index (χ0) is 13.8. The van der Waals surface area contributed by atoms with Gasteiger partial charge in [0, 0.05) is 28.4 Å². The Morgan fingerprint density at radius 1 is 1.35 bits per heavy atom. The van der Waals surface area contributed by atoms with Crippen molar-refractivity contribution in [2.24, 2.45) is 0 Å². The van der Waals surface area contributed by atoms with Crippen LogP contribution in [0.1, 0.15) is 22.6 Å². The predicted octanol–water partition coefficient (Wildman–Crippen LogP) is 2.38. The Balaban J connectivity index is 1.56. The number of aromatic nitrogens is 3. The summed E-state index contributed by atoms with van der Waals surface area (Å²) >= 11 is 1.60. The van der Waals surface area contributed by atoms with E-state index < -0.39 is 0 Å². The molecule has 3 rings (SSSR count). The van der Waals surface area contributed by atoms with E-state index in [0.29, 0.717) is 6.54 Å². The summed E-state index contributed by atoms with van der Waals surface area (Å²) in [6, 6.07) is 7.95. The van der Waals surface area contributed by atoms with Gasteiger partial charge in [0.2, 0.25) is 0 Å². The number of carbonyl (C=O) groups excluding carboxylic acids is 1. The van der Waals surface area contributed by atoms with Crippen molar-refractivity contribution in [2.75, 3.05) is 6.54 Å². The number of fused-ring (bicyclic) bond motifs is 1. The molecule has 20 heavy (non-hydrogen) atoms. The van der Waals surface area contributed by atoms with Crippen molar-refractivity contribution in [3.05, 3.63) is 47.4 Å². The fraction of sp³-hybridized carbons (Fsp3) is 0.214. The molecule has 0 spiro atoms. The van der Waals surface area contributed by atoms with Crippen molar-refractivity contribution in [3.8, 4) is 0 Å². The fourth-order valence-electron chi connectivity index (χ4n) is 2.06. The van der Waals surface area contributed by atoms with Crippen LogP contribution in [0.4, 0.5) is 0 Å². The summed E-state index contributed by atoms with van der Waals surface area (Å²) in [5.74, 6) is 0.834. The maximum Gasteiger partial charge on any atom is 0.252 e. The summed E-state index contributed by atoms with van der Waals surface area (Å²) in [6.07, 6.45) is 3.11. The van der Waals surface area contributed by atoms with Gasteiger partial charge >= 0.3 is 0 Å². The van der Waals surface area contributed by atoms with E-state index in [1.807, 2.05) is 29.6 Å². The Hall–Kier alpha value is -2.21.